The van der Waals surface area contributed by atoms with Gasteiger partial charge in [0.05, 0.1) is 10.6 Å². The highest BCUT2D eigenvalue weighted by Gasteiger charge is 2.43. The van der Waals surface area contributed by atoms with Crippen molar-refractivity contribution in [1.29, 1.82) is 0 Å². The minimum Gasteiger partial charge on any atom is -0.363 e. The molecule has 0 atom stereocenters. The van der Waals surface area contributed by atoms with Crippen LogP contribution < -0.4 is 4.90 Å². The van der Waals surface area contributed by atoms with Gasteiger partial charge in [-0.25, -0.2) is 4.98 Å². The quantitative estimate of drug-likeness (QED) is 0.672. The second-order valence-electron chi connectivity index (χ2n) is 7.58. The maximum Gasteiger partial charge on any atom is 0.278 e. The van der Waals surface area contributed by atoms with Crippen LogP contribution in [-0.4, -0.2) is 58.8 Å². The first-order valence-electron chi connectivity index (χ1n) is 9.87. The number of carbonyl (C=O) groups is 2. The molecular formula is C22H22Cl2N4O2. The van der Waals surface area contributed by atoms with Crippen molar-refractivity contribution in [3.8, 4) is 0 Å². The molecule has 2 aliphatic rings. The zero-order valence-electron chi connectivity index (χ0n) is 16.8. The third kappa shape index (κ3) is 3.66. The topological polar surface area (TPSA) is 56.8 Å². The number of hydrogen-bond donors (Lipinski definition) is 0. The number of aromatic nitrogens is 1. The van der Waals surface area contributed by atoms with Gasteiger partial charge >= 0.3 is 0 Å². The molecule has 0 radical (unpaired) electrons. The summed E-state index contributed by atoms with van der Waals surface area (Å²) in [5.41, 5.74) is 1.30. The van der Waals surface area contributed by atoms with Crippen molar-refractivity contribution in [3.05, 3.63) is 63.9 Å². The highest BCUT2D eigenvalue weighted by atomic mass is 35.5. The maximum atomic E-state index is 13.3. The first-order valence-corrected chi connectivity index (χ1v) is 10.6. The SMILES string of the molecule is CC(C)N1C(=O)C(c2ccc(Cl)cc2Cl)=C(N2CCN(c3ccccn3)CC2)C1=O. The molecule has 3 heterocycles. The lowest BCUT2D eigenvalue weighted by Gasteiger charge is -2.37. The van der Waals surface area contributed by atoms with Crippen molar-refractivity contribution in [3.63, 3.8) is 0 Å². The van der Waals surface area contributed by atoms with Gasteiger partial charge in [0.15, 0.2) is 0 Å². The van der Waals surface area contributed by atoms with E-state index in [1.54, 1.807) is 24.4 Å². The van der Waals surface area contributed by atoms with Crippen LogP contribution in [0.5, 0.6) is 0 Å². The summed E-state index contributed by atoms with van der Waals surface area (Å²) in [5.74, 6) is 0.313. The number of anilines is 1. The minimum atomic E-state index is -0.318. The summed E-state index contributed by atoms with van der Waals surface area (Å²) in [4.78, 5) is 36.4. The van der Waals surface area contributed by atoms with Gasteiger partial charge in [-0.3, -0.25) is 14.5 Å². The molecular weight excluding hydrogens is 423 g/mol. The number of nitrogens with zero attached hydrogens (tertiary/aromatic N) is 4. The normalized spacial score (nSPS) is 17.6. The van der Waals surface area contributed by atoms with E-state index in [0.717, 1.165) is 5.82 Å². The summed E-state index contributed by atoms with van der Waals surface area (Å²) in [5, 5.41) is 0.834. The molecule has 0 bridgehead atoms. The Morgan fingerprint density at radius 1 is 0.933 bits per heavy atom. The average molecular weight is 445 g/mol. The van der Waals surface area contributed by atoms with E-state index in [0.29, 0.717) is 53.1 Å². The fourth-order valence-corrected chi connectivity index (χ4v) is 4.44. The molecule has 0 N–H and O–H groups in total. The van der Waals surface area contributed by atoms with Gasteiger partial charge in [0.2, 0.25) is 0 Å². The number of benzene rings is 1. The van der Waals surface area contributed by atoms with Crippen LogP contribution in [0.2, 0.25) is 10.0 Å². The summed E-state index contributed by atoms with van der Waals surface area (Å²) in [6, 6.07) is 10.5. The standard InChI is InChI=1S/C22H22Cl2N4O2/c1-14(2)28-21(29)19(16-7-6-15(23)13-17(16)24)20(22(28)30)27-11-9-26(10-12-27)18-5-3-4-8-25-18/h3-8,13-14H,9-12H2,1-2H3. The molecule has 2 amide bonds. The van der Waals surface area contributed by atoms with E-state index in [4.69, 9.17) is 23.2 Å². The van der Waals surface area contributed by atoms with Gasteiger partial charge < -0.3 is 9.80 Å². The number of hydrogen-bond acceptors (Lipinski definition) is 5. The first-order chi connectivity index (χ1) is 14.4. The lowest BCUT2D eigenvalue weighted by molar-refractivity contribution is -0.139. The van der Waals surface area contributed by atoms with E-state index >= 15 is 0 Å². The lowest BCUT2D eigenvalue weighted by atomic mass is 10.0. The van der Waals surface area contributed by atoms with Gasteiger partial charge in [0.25, 0.3) is 11.8 Å². The molecule has 0 aliphatic carbocycles. The predicted octanol–water partition coefficient (Wildman–Crippen LogP) is 3.70. The zero-order valence-corrected chi connectivity index (χ0v) is 18.3. The van der Waals surface area contributed by atoms with Crippen molar-refractivity contribution in [2.24, 2.45) is 0 Å². The number of piperazine rings is 1. The Labute approximate surface area is 185 Å². The molecule has 0 saturated carbocycles. The average Bonchev–Trinajstić information content (AvgIpc) is 2.99. The summed E-state index contributed by atoms with van der Waals surface area (Å²) in [7, 11) is 0. The minimum absolute atomic E-state index is 0.251. The molecule has 30 heavy (non-hydrogen) atoms. The van der Waals surface area contributed by atoms with Crippen molar-refractivity contribution < 1.29 is 9.59 Å². The Morgan fingerprint density at radius 2 is 1.63 bits per heavy atom. The van der Waals surface area contributed by atoms with Crippen molar-refractivity contribution in [1.82, 2.24) is 14.8 Å². The van der Waals surface area contributed by atoms with E-state index < -0.39 is 0 Å². The molecule has 4 rings (SSSR count). The van der Waals surface area contributed by atoms with Gasteiger partial charge in [-0.2, -0.15) is 0 Å². The van der Waals surface area contributed by atoms with Crippen molar-refractivity contribution >= 4 is 46.4 Å². The maximum absolute atomic E-state index is 13.3. The molecule has 2 aliphatic heterocycles. The molecule has 1 fully saturated rings. The first kappa shape index (κ1) is 20.7. The number of carbonyl (C=O) groups excluding carboxylic acids is 2. The van der Waals surface area contributed by atoms with Gasteiger partial charge in [-0.1, -0.05) is 35.3 Å². The highest BCUT2D eigenvalue weighted by Crippen LogP contribution is 2.37. The Morgan fingerprint density at radius 3 is 2.23 bits per heavy atom. The van der Waals surface area contributed by atoms with Crippen LogP contribution in [0.1, 0.15) is 19.4 Å². The van der Waals surface area contributed by atoms with E-state index in [1.165, 1.54) is 4.90 Å². The van der Waals surface area contributed by atoms with Crippen molar-refractivity contribution in [2.75, 3.05) is 31.1 Å². The zero-order chi connectivity index (χ0) is 21.4. The molecule has 8 heteroatoms. The molecule has 2 aromatic rings. The van der Waals surface area contributed by atoms with Crippen LogP contribution in [-0.2, 0) is 9.59 Å². The number of amides is 2. The summed E-state index contributed by atoms with van der Waals surface area (Å²) < 4.78 is 0. The van der Waals surface area contributed by atoms with E-state index in [2.05, 4.69) is 9.88 Å². The summed E-state index contributed by atoms with van der Waals surface area (Å²) in [6.07, 6.45) is 1.77. The third-order valence-corrected chi connectivity index (χ3v) is 5.92. The third-order valence-electron chi connectivity index (χ3n) is 5.38. The molecule has 1 saturated heterocycles. The second kappa shape index (κ2) is 8.28. The van der Waals surface area contributed by atoms with E-state index in [-0.39, 0.29) is 17.9 Å². The number of halogens is 2. The van der Waals surface area contributed by atoms with Gasteiger partial charge in [0, 0.05) is 49.0 Å². The van der Waals surface area contributed by atoms with Gasteiger partial charge in [-0.05, 0) is 38.1 Å². The van der Waals surface area contributed by atoms with Crippen LogP contribution in [0.25, 0.3) is 5.57 Å². The van der Waals surface area contributed by atoms with Crippen molar-refractivity contribution in [2.45, 2.75) is 19.9 Å². The van der Waals surface area contributed by atoms with Crippen LogP contribution in [0.4, 0.5) is 5.82 Å². The summed E-state index contributed by atoms with van der Waals surface area (Å²) in [6.45, 7) is 6.27. The molecule has 6 nitrogen and oxygen atoms in total. The second-order valence-corrected chi connectivity index (χ2v) is 8.43. The molecule has 0 spiro atoms. The smallest absolute Gasteiger partial charge is 0.278 e. The highest BCUT2D eigenvalue weighted by molar-refractivity contribution is 6.41. The Balaban J connectivity index is 1.69. The Bertz CT molecular complexity index is 1020. The van der Waals surface area contributed by atoms with Crippen LogP contribution >= 0.6 is 23.2 Å². The van der Waals surface area contributed by atoms with Crippen LogP contribution in [0, 0.1) is 0 Å². The number of pyridine rings is 1. The van der Waals surface area contributed by atoms with E-state index in [9.17, 15) is 9.59 Å². The number of rotatable bonds is 4. The Hall–Kier alpha value is -2.57. The Kier molecular flexibility index (Phi) is 5.71. The molecule has 1 aromatic heterocycles. The van der Waals surface area contributed by atoms with Gasteiger partial charge in [0.1, 0.15) is 11.5 Å². The fourth-order valence-electron chi connectivity index (χ4n) is 3.93. The lowest BCUT2D eigenvalue weighted by Crippen LogP contribution is -2.48. The van der Waals surface area contributed by atoms with Crippen LogP contribution in [0.15, 0.2) is 48.3 Å². The molecule has 156 valence electrons. The van der Waals surface area contributed by atoms with Crippen LogP contribution in [0.3, 0.4) is 0 Å². The largest absolute Gasteiger partial charge is 0.363 e. The number of imide groups is 1. The summed E-state index contributed by atoms with van der Waals surface area (Å²) >= 11 is 12.5. The monoisotopic (exact) mass is 444 g/mol. The van der Waals surface area contributed by atoms with E-state index in [1.807, 2.05) is 36.9 Å². The fraction of sp³-hybridized carbons (Fsp3) is 0.318. The predicted molar refractivity (Wildman–Crippen MR) is 118 cm³/mol. The van der Waals surface area contributed by atoms with Gasteiger partial charge in [-0.15, -0.1) is 0 Å². The molecule has 1 aromatic carbocycles. The molecule has 0 unspecified atom stereocenters.